The van der Waals surface area contributed by atoms with Crippen LogP contribution in [0.4, 0.5) is 0 Å². The Morgan fingerprint density at radius 2 is 1.78 bits per heavy atom. The van der Waals surface area contributed by atoms with Crippen molar-refractivity contribution in [2.45, 2.75) is 26.2 Å². The first-order chi connectivity index (χ1) is 11.1. The molecular formula is C20H22N2O. The van der Waals surface area contributed by atoms with Gasteiger partial charge in [0, 0.05) is 0 Å². The predicted octanol–water partition coefficient (Wildman–Crippen LogP) is 4.12. The summed E-state index contributed by atoms with van der Waals surface area (Å²) in [5.74, 6) is 0.0886. The highest BCUT2D eigenvalue weighted by molar-refractivity contribution is 5.84. The Labute approximate surface area is 138 Å². The van der Waals surface area contributed by atoms with Crippen LogP contribution in [0.2, 0.25) is 0 Å². The zero-order chi connectivity index (χ0) is 16.7. The largest absolute Gasteiger partial charge is 0.342 e. The van der Waals surface area contributed by atoms with Gasteiger partial charge in [0.25, 0.3) is 0 Å². The third-order valence-electron chi connectivity index (χ3n) is 3.76. The lowest BCUT2D eigenvalue weighted by molar-refractivity contribution is -0.122. The molecule has 1 amide bonds. The molecule has 3 nitrogen and oxygen atoms in total. The second-order valence-electron chi connectivity index (χ2n) is 6.05. The Kier molecular flexibility index (Phi) is 5.94. The van der Waals surface area contributed by atoms with Crippen LogP contribution in [0, 0.1) is 17.2 Å². The lowest BCUT2D eigenvalue weighted by Crippen LogP contribution is -2.30. The van der Waals surface area contributed by atoms with Gasteiger partial charge in [0.15, 0.2) is 0 Å². The molecule has 0 saturated carbocycles. The summed E-state index contributed by atoms with van der Waals surface area (Å²) >= 11 is 0. The first kappa shape index (κ1) is 16.8. The van der Waals surface area contributed by atoms with Crippen LogP contribution >= 0.6 is 0 Å². The van der Waals surface area contributed by atoms with E-state index in [1.54, 1.807) is 0 Å². The highest BCUT2D eigenvalue weighted by atomic mass is 16.1. The third-order valence-corrected chi connectivity index (χ3v) is 3.76. The monoisotopic (exact) mass is 306 g/mol. The number of nitriles is 1. The molecule has 0 aromatic heterocycles. The molecule has 0 unspecified atom stereocenters. The van der Waals surface area contributed by atoms with Gasteiger partial charge in [-0.2, -0.15) is 5.26 Å². The molecule has 0 aliphatic heterocycles. The average Bonchev–Trinajstić information content (AvgIpc) is 2.58. The third kappa shape index (κ3) is 4.69. The van der Waals surface area contributed by atoms with Crippen molar-refractivity contribution in [1.29, 1.82) is 5.26 Å². The van der Waals surface area contributed by atoms with Crippen molar-refractivity contribution < 1.29 is 4.79 Å². The summed E-state index contributed by atoms with van der Waals surface area (Å²) in [6, 6.07) is 20.2. The first-order valence-corrected chi connectivity index (χ1v) is 7.92. The fourth-order valence-electron chi connectivity index (χ4n) is 2.68. The van der Waals surface area contributed by atoms with Crippen molar-refractivity contribution in [3.63, 3.8) is 0 Å². The Hall–Kier alpha value is -2.60. The van der Waals surface area contributed by atoms with Crippen LogP contribution in [0.5, 0.6) is 0 Å². The van der Waals surface area contributed by atoms with E-state index in [4.69, 9.17) is 5.26 Å². The van der Waals surface area contributed by atoms with Crippen molar-refractivity contribution in [2.75, 3.05) is 6.54 Å². The quantitative estimate of drug-likeness (QED) is 0.816. The van der Waals surface area contributed by atoms with Crippen LogP contribution in [0.25, 0.3) is 11.1 Å². The Balaban J connectivity index is 2.31. The van der Waals surface area contributed by atoms with Crippen LogP contribution in [0.15, 0.2) is 54.6 Å². The lowest BCUT2D eigenvalue weighted by atomic mass is 9.88. The van der Waals surface area contributed by atoms with Crippen LogP contribution in [-0.2, 0) is 4.79 Å². The minimum absolute atomic E-state index is 0.0474. The zero-order valence-corrected chi connectivity index (χ0v) is 13.6. The van der Waals surface area contributed by atoms with Crippen LogP contribution in [0.3, 0.4) is 0 Å². The van der Waals surface area contributed by atoms with E-state index in [0.717, 1.165) is 23.1 Å². The van der Waals surface area contributed by atoms with E-state index in [2.05, 4.69) is 43.4 Å². The molecule has 0 aliphatic rings. The van der Waals surface area contributed by atoms with Gasteiger partial charge in [-0.15, -0.1) is 0 Å². The van der Waals surface area contributed by atoms with Gasteiger partial charge in [-0.05, 0) is 29.0 Å². The molecule has 2 aromatic carbocycles. The Morgan fingerprint density at radius 1 is 1.09 bits per heavy atom. The summed E-state index contributed by atoms with van der Waals surface area (Å²) < 4.78 is 0. The molecule has 0 aliphatic carbocycles. The second-order valence-corrected chi connectivity index (χ2v) is 6.05. The van der Waals surface area contributed by atoms with Gasteiger partial charge in [-0.25, -0.2) is 0 Å². The molecule has 0 heterocycles. The molecule has 3 heteroatoms. The molecule has 0 fully saturated rings. The number of carbonyl (C=O) groups is 1. The number of hydrogen-bond acceptors (Lipinski definition) is 2. The molecule has 2 rings (SSSR count). The highest BCUT2D eigenvalue weighted by Gasteiger charge is 2.21. The molecule has 0 bridgehead atoms. The molecule has 0 saturated heterocycles. The highest BCUT2D eigenvalue weighted by Crippen LogP contribution is 2.28. The molecular weight excluding hydrogens is 284 g/mol. The minimum Gasteiger partial charge on any atom is -0.342 e. The average molecular weight is 306 g/mol. The van der Waals surface area contributed by atoms with Crippen molar-refractivity contribution in [3.8, 4) is 17.2 Å². The van der Waals surface area contributed by atoms with E-state index in [0.29, 0.717) is 5.92 Å². The number of benzene rings is 2. The summed E-state index contributed by atoms with van der Waals surface area (Å²) in [5, 5.41) is 11.4. The van der Waals surface area contributed by atoms with E-state index < -0.39 is 0 Å². The minimum atomic E-state index is -0.230. The molecule has 0 spiro atoms. The van der Waals surface area contributed by atoms with Crippen LogP contribution in [0.1, 0.15) is 31.7 Å². The summed E-state index contributed by atoms with van der Waals surface area (Å²) in [4.78, 5) is 12.4. The number of nitrogens with one attached hydrogen (secondary N) is 1. The predicted molar refractivity (Wildman–Crippen MR) is 92.7 cm³/mol. The van der Waals surface area contributed by atoms with Crippen LogP contribution in [-0.4, -0.2) is 12.5 Å². The fraction of sp³-hybridized carbons (Fsp3) is 0.300. The van der Waals surface area contributed by atoms with Gasteiger partial charge >= 0.3 is 0 Å². The SMILES string of the molecule is CC(C)C[C@@H](C(=O)NCC#N)c1cccc(-c2ccccc2)c1. The fourth-order valence-corrected chi connectivity index (χ4v) is 2.68. The summed E-state index contributed by atoms with van der Waals surface area (Å²) in [6.07, 6.45) is 0.759. The normalized spacial score (nSPS) is 11.7. The summed E-state index contributed by atoms with van der Waals surface area (Å²) in [6.45, 7) is 4.25. The first-order valence-electron chi connectivity index (χ1n) is 7.92. The van der Waals surface area contributed by atoms with E-state index in [1.807, 2.05) is 36.4 Å². The van der Waals surface area contributed by atoms with Crippen molar-refractivity contribution in [1.82, 2.24) is 5.32 Å². The van der Waals surface area contributed by atoms with Gasteiger partial charge in [-0.1, -0.05) is 68.4 Å². The maximum atomic E-state index is 12.4. The van der Waals surface area contributed by atoms with Crippen molar-refractivity contribution in [3.05, 3.63) is 60.2 Å². The van der Waals surface area contributed by atoms with Crippen LogP contribution < -0.4 is 5.32 Å². The summed E-state index contributed by atoms with van der Waals surface area (Å²) in [5.41, 5.74) is 3.23. The molecule has 2 aromatic rings. The Bertz CT molecular complexity index is 686. The van der Waals surface area contributed by atoms with Gasteiger partial charge in [-0.3, -0.25) is 4.79 Å². The van der Waals surface area contributed by atoms with Gasteiger partial charge < -0.3 is 5.32 Å². The topological polar surface area (TPSA) is 52.9 Å². The maximum Gasteiger partial charge on any atom is 0.228 e. The van der Waals surface area contributed by atoms with E-state index in [9.17, 15) is 4.79 Å². The van der Waals surface area contributed by atoms with Crippen molar-refractivity contribution in [2.24, 2.45) is 5.92 Å². The molecule has 1 atom stereocenters. The van der Waals surface area contributed by atoms with E-state index >= 15 is 0 Å². The standard InChI is InChI=1S/C20H22N2O/c1-15(2)13-19(20(23)22-12-11-21)18-10-6-9-17(14-18)16-7-4-3-5-8-16/h3-10,14-15,19H,12-13H2,1-2H3,(H,22,23)/t19-/m1/s1. The molecule has 118 valence electrons. The van der Waals surface area contributed by atoms with E-state index in [1.165, 1.54) is 0 Å². The number of nitrogens with zero attached hydrogens (tertiary/aromatic N) is 1. The molecule has 0 radical (unpaired) electrons. The van der Waals surface area contributed by atoms with Gasteiger partial charge in [0.1, 0.15) is 6.54 Å². The summed E-state index contributed by atoms with van der Waals surface area (Å²) in [7, 11) is 0. The number of hydrogen-bond donors (Lipinski definition) is 1. The second kappa shape index (κ2) is 8.14. The zero-order valence-electron chi connectivity index (χ0n) is 13.6. The van der Waals surface area contributed by atoms with Gasteiger partial charge in [0.2, 0.25) is 5.91 Å². The Morgan fingerprint density at radius 3 is 2.43 bits per heavy atom. The number of carbonyl (C=O) groups excluding carboxylic acids is 1. The number of amides is 1. The molecule has 23 heavy (non-hydrogen) atoms. The lowest BCUT2D eigenvalue weighted by Gasteiger charge is -2.19. The number of rotatable bonds is 6. The van der Waals surface area contributed by atoms with Crippen molar-refractivity contribution >= 4 is 5.91 Å². The smallest absolute Gasteiger partial charge is 0.228 e. The van der Waals surface area contributed by atoms with Gasteiger partial charge in [0.05, 0.1) is 12.0 Å². The van der Waals surface area contributed by atoms with E-state index in [-0.39, 0.29) is 18.4 Å². The molecule has 1 N–H and O–H groups in total. The maximum absolute atomic E-state index is 12.4.